The molecule has 3 aliphatic carbocycles. The maximum absolute atomic E-state index is 5.91. The van der Waals surface area contributed by atoms with Crippen molar-refractivity contribution >= 4 is 11.6 Å². The van der Waals surface area contributed by atoms with Crippen molar-refractivity contribution in [1.82, 2.24) is 0 Å². The first-order chi connectivity index (χ1) is 6.24. The average molecular weight is 203 g/mol. The van der Waals surface area contributed by atoms with Gasteiger partial charge >= 0.3 is 0 Å². The van der Waals surface area contributed by atoms with Gasteiger partial charge in [0, 0.05) is 19.6 Å². The normalized spacial score (nSPS) is 41.1. The van der Waals surface area contributed by atoms with Gasteiger partial charge in [-0.1, -0.05) is 6.42 Å². The molecule has 0 N–H and O–H groups in total. The van der Waals surface area contributed by atoms with Crippen LogP contribution in [0.4, 0.5) is 0 Å². The van der Waals surface area contributed by atoms with Crippen LogP contribution in [-0.2, 0) is 4.74 Å². The van der Waals surface area contributed by atoms with E-state index < -0.39 is 0 Å². The SMILES string of the molecule is COCCCCC12CC(CCl)(C1)C2. The lowest BCUT2D eigenvalue weighted by atomic mass is 9.35. The van der Waals surface area contributed by atoms with Gasteiger partial charge in [0.25, 0.3) is 0 Å². The number of alkyl halides is 1. The molecule has 0 radical (unpaired) electrons. The van der Waals surface area contributed by atoms with Gasteiger partial charge in [0.2, 0.25) is 0 Å². The molecule has 2 heteroatoms. The van der Waals surface area contributed by atoms with Crippen molar-refractivity contribution in [3.63, 3.8) is 0 Å². The van der Waals surface area contributed by atoms with Crippen LogP contribution in [0.3, 0.4) is 0 Å². The van der Waals surface area contributed by atoms with E-state index in [1.54, 1.807) is 7.11 Å². The molecule has 0 spiro atoms. The summed E-state index contributed by atoms with van der Waals surface area (Å²) in [6.45, 7) is 0.927. The van der Waals surface area contributed by atoms with E-state index in [9.17, 15) is 0 Å². The molecule has 0 unspecified atom stereocenters. The second kappa shape index (κ2) is 3.43. The van der Waals surface area contributed by atoms with Crippen molar-refractivity contribution in [2.45, 2.75) is 38.5 Å². The minimum absolute atomic E-state index is 0.600. The standard InChI is InChI=1S/C11H19ClO/c1-13-5-3-2-4-10-6-11(7-10,8-10)9-12/h2-9H2,1H3. The zero-order valence-electron chi connectivity index (χ0n) is 8.44. The van der Waals surface area contributed by atoms with Crippen molar-refractivity contribution in [3.8, 4) is 0 Å². The summed E-state index contributed by atoms with van der Waals surface area (Å²) in [6.07, 6.45) is 8.22. The summed E-state index contributed by atoms with van der Waals surface area (Å²) in [4.78, 5) is 0. The largest absolute Gasteiger partial charge is 0.385 e. The quantitative estimate of drug-likeness (QED) is 0.475. The van der Waals surface area contributed by atoms with Gasteiger partial charge in [-0.15, -0.1) is 11.6 Å². The Hall–Kier alpha value is 0.250. The maximum Gasteiger partial charge on any atom is 0.0462 e. The number of hydrogen-bond acceptors (Lipinski definition) is 1. The van der Waals surface area contributed by atoms with E-state index in [0.29, 0.717) is 5.41 Å². The summed E-state index contributed by atoms with van der Waals surface area (Å²) in [5, 5.41) is 0. The average Bonchev–Trinajstić information content (AvgIpc) is 1.99. The highest BCUT2D eigenvalue weighted by Gasteiger charge is 2.65. The Morgan fingerprint density at radius 2 is 1.85 bits per heavy atom. The summed E-state index contributed by atoms with van der Waals surface area (Å²) >= 11 is 5.91. The lowest BCUT2D eigenvalue weighted by molar-refractivity contribution is -0.192. The second-order valence-electron chi connectivity index (χ2n) is 5.11. The molecule has 3 fully saturated rings. The summed E-state index contributed by atoms with van der Waals surface area (Å²) in [5.41, 5.74) is 1.34. The van der Waals surface area contributed by atoms with Crippen LogP contribution in [0.1, 0.15) is 38.5 Å². The third-order valence-electron chi connectivity index (χ3n) is 3.84. The molecule has 0 amide bonds. The van der Waals surface area contributed by atoms with E-state index in [4.69, 9.17) is 16.3 Å². The fourth-order valence-corrected chi connectivity index (χ4v) is 3.67. The smallest absolute Gasteiger partial charge is 0.0462 e. The first-order valence-corrected chi connectivity index (χ1v) is 5.83. The summed E-state index contributed by atoms with van der Waals surface area (Å²) in [5.74, 6) is 0.896. The van der Waals surface area contributed by atoms with Crippen molar-refractivity contribution in [2.75, 3.05) is 19.6 Å². The fourth-order valence-electron chi connectivity index (χ4n) is 3.38. The highest BCUT2D eigenvalue weighted by atomic mass is 35.5. The lowest BCUT2D eigenvalue weighted by Crippen LogP contribution is -2.62. The van der Waals surface area contributed by atoms with E-state index in [-0.39, 0.29) is 0 Å². The summed E-state index contributed by atoms with van der Waals surface area (Å²) in [6, 6.07) is 0. The number of rotatable bonds is 6. The van der Waals surface area contributed by atoms with Gasteiger partial charge < -0.3 is 4.74 Å². The van der Waals surface area contributed by atoms with Crippen molar-refractivity contribution in [3.05, 3.63) is 0 Å². The zero-order valence-corrected chi connectivity index (χ0v) is 9.20. The number of ether oxygens (including phenoxy) is 1. The highest BCUT2D eigenvalue weighted by Crippen LogP contribution is 2.75. The molecule has 3 rings (SSSR count). The van der Waals surface area contributed by atoms with Gasteiger partial charge in [-0.3, -0.25) is 0 Å². The molecule has 0 atom stereocenters. The molecule has 2 bridgehead atoms. The van der Waals surface area contributed by atoms with Crippen LogP contribution >= 0.6 is 11.6 Å². The van der Waals surface area contributed by atoms with Crippen LogP contribution in [0.5, 0.6) is 0 Å². The van der Waals surface area contributed by atoms with E-state index in [1.165, 1.54) is 38.5 Å². The van der Waals surface area contributed by atoms with Gasteiger partial charge in [0.1, 0.15) is 0 Å². The van der Waals surface area contributed by atoms with Crippen molar-refractivity contribution in [1.29, 1.82) is 0 Å². The molecule has 1 nitrogen and oxygen atoms in total. The Bertz CT molecular complexity index is 171. The number of hydrogen-bond donors (Lipinski definition) is 0. The minimum atomic E-state index is 0.600. The number of unbranched alkanes of at least 4 members (excludes halogenated alkanes) is 1. The lowest BCUT2D eigenvalue weighted by Gasteiger charge is -2.71. The van der Waals surface area contributed by atoms with E-state index in [2.05, 4.69) is 0 Å². The zero-order chi connectivity index (χ0) is 9.36. The second-order valence-corrected chi connectivity index (χ2v) is 5.38. The van der Waals surface area contributed by atoms with Crippen LogP contribution in [0.15, 0.2) is 0 Å². The van der Waals surface area contributed by atoms with Gasteiger partial charge in [0.05, 0.1) is 0 Å². The molecule has 3 saturated carbocycles. The molecule has 0 aromatic rings. The molecular weight excluding hydrogens is 184 g/mol. The van der Waals surface area contributed by atoms with Crippen LogP contribution in [-0.4, -0.2) is 19.6 Å². The third kappa shape index (κ3) is 1.61. The number of methoxy groups -OCH3 is 1. The van der Waals surface area contributed by atoms with E-state index in [0.717, 1.165) is 17.9 Å². The predicted molar refractivity (Wildman–Crippen MR) is 55.2 cm³/mol. The van der Waals surface area contributed by atoms with Crippen LogP contribution < -0.4 is 0 Å². The van der Waals surface area contributed by atoms with E-state index >= 15 is 0 Å². The van der Waals surface area contributed by atoms with Crippen molar-refractivity contribution < 1.29 is 4.74 Å². The van der Waals surface area contributed by atoms with E-state index in [1.807, 2.05) is 0 Å². The Labute approximate surface area is 85.8 Å². The molecule has 0 aromatic carbocycles. The molecule has 3 aliphatic rings. The van der Waals surface area contributed by atoms with Crippen LogP contribution in [0, 0.1) is 10.8 Å². The summed E-state index contributed by atoms with van der Waals surface area (Å²) < 4.78 is 5.04. The molecule has 0 aromatic heterocycles. The van der Waals surface area contributed by atoms with Gasteiger partial charge in [-0.2, -0.15) is 0 Å². The minimum Gasteiger partial charge on any atom is -0.385 e. The Morgan fingerprint density at radius 1 is 1.15 bits per heavy atom. The van der Waals surface area contributed by atoms with Gasteiger partial charge in [-0.25, -0.2) is 0 Å². The molecule has 76 valence electrons. The Morgan fingerprint density at radius 3 is 2.38 bits per heavy atom. The molecule has 13 heavy (non-hydrogen) atoms. The third-order valence-corrected chi connectivity index (χ3v) is 4.41. The Kier molecular flexibility index (Phi) is 2.59. The van der Waals surface area contributed by atoms with Gasteiger partial charge in [0.15, 0.2) is 0 Å². The number of halogens is 1. The molecule has 0 aliphatic heterocycles. The summed E-state index contributed by atoms with van der Waals surface area (Å²) in [7, 11) is 1.78. The van der Waals surface area contributed by atoms with Crippen molar-refractivity contribution in [2.24, 2.45) is 10.8 Å². The fraction of sp³-hybridized carbons (Fsp3) is 1.00. The molecule has 0 heterocycles. The monoisotopic (exact) mass is 202 g/mol. The molecular formula is C11H19ClO. The Balaban J connectivity index is 1.59. The van der Waals surface area contributed by atoms with Crippen LogP contribution in [0.25, 0.3) is 0 Å². The maximum atomic E-state index is 5.91. The first kappa shape index (κ1) is 9.79. The van der Waals surface area contributed by atoms with Crippen LogP contribution in [0.2, 0.25) is 0 Å². The van der Waals surface area contributed by atoms with Gasteiger partial charge in [-0.05, 0) is 42.9 Å². The highest BCUT2D eigenvalue weighted by molar-refractivity contribution is 6.18. The molecule has 0 saturated heterocycles. The first-order valence-electron chi connectivity index (χ1n) is 5.29. The topological polar surface area (TPSA) is 9.23 Å². The predicted octanol–water partition coefficient (Wildman–Crippen LogP) is 3.21.